The van der Waals surface area contributed by atoms with Gasteiger partial charge in [-0.1, -0.05) is 369 Å². The first kappa shape index (κ1) is 97.1. The summed E-state index contributed by atoms with van der Waals surface area (Å²) in [6, 6.07) is 0. The Hall–Kier alpha value is -1.94. The molecule has 588 valence electrons. The zero-order valence-corrected chi connectivity index (χ0v) is 66.6. The second kappa shape index (κ2) is 71.7. The van der Waals surface area contributed by atoms with Crippen molar-refractivity contribution < 1.29 is 80.2 Å². The predicted octanol–water partition coefficient (Wildman–Crippen LogP) is 23.9. The molecule has 7 atom stereocenters. The molecule has 3 N–H and O–H groups in total. The SMILES string of the molecule is CCCCCCCCCCCCCCCCC(=O)O[C@H](COC(=O)CCCCCCCCCCCCCCC)COP(=O)(O)OC[C@H](O)COP(=O)(O)OC[C@@H](COC(=O)CCCCCCCCCCCCC(C)CC)OC(=O)CCCCCCCCCCCCCCCCC(C)CC. The molecule has 17 nitrogen and oxygen atoms in total. The van der Waals surface area contributed by atoms with Gasteiger partial charge in [0.25, 0.3) is 0 Å². The second-order valence-corrected chi connectivity index (χ2v) is 32.2. The number of hydrogen-bond acceptors (Lipinski definition) is 15. The van der Waals surface area contributed by atoms with Gasteiger partial charge in [0.1, 0.15) is 19.3 Å². The van der Waals surface area contributed by atoms with Crippen LogP contribution < -0.4 is 0 Å². The van der Waals surface area contributed by atoms with Gasteiger partial charge in [-0.25, -0.2) is 9.13 Å². The van der Waals surface area contributed by atoms with Crippen LogP contribution in [0.5, 0.6) is 0 Å². The number of esters is 4. The van der Waals surface area contributed by atoms with Crippen LogP contribution in [0.4, 0.5) is 0 Å². The quantitative estimate of drug-likeness (QED) is 0.0222. The number of carbonyl (C=O) groups is 4. The summed E-state index contributed by atoms with van der Waals surface area (Å²) in [4.78, 5) is 73.0. The van der Waals surface area contributed by atoms with Crippen LogP contribution in [-0.2, 0) is 65.4 Å². The van der Waals surface area contributed by atoms with Crippen molar-refractivity contribution >= 4 is 39.5 Å². The third-order valence-corrected chi connectivity index (χ3v) is 21.3. The fourth-order valence-corrected chi connectivity index (χ4v) is 13.9. The molecule has 0 spiro atoms. The Balaban J connectivity index is 5.27. The Morgan fingerprint density at radius 3 is 0.717 bits per heavy atom. The van der Waals surface area contributed by atoms with Crippen LogP contribution in [0.1, 0.15) is 420 Å². The maximum atomic E-state index is 13.1. The summed E-state index contributed by atoms with van der Waals surface area (Å²) in [5, 5.41) is 10.6. The topological polar surface area (TPSA) is 237 Å². The van der Waals surface area contributed by atoms with Crippen LogP contribution in [-0.4, -0.2) is 96.7 Å². The molecule has 0 saturated heterocycles. The highest BCUT2D eigenvalue weighted by atomic mass is 31.2. The highest BCUT2D eigenvalue weighted by Gasteiger charge is 2.30. The summed E-state index contributed by atoms with van der Waals surface area (Å²) in [7, 11) is -9.92. The number of ether oxygens (including phenoxy) is 4. The molecule has 0 aliphatic carbocycles. The smallest absolute Gasteiger partial charge is 0.462 e. The van der Waals surface area contributed by atoms with E-state index in [1.807, 2.05) is 0 Å². The zero-order valence-electron chi connectivity index (χ0n) is 64.8. The van der Waals surface area contributed by atoms with Gasteiger partial charge in [-0.2, -0.15) is 0 Å². The van der Waals surface area contributed by atoms with E-state index in [1.54, 1.807) is 0 Å². The molecule has 0 aromatic rings. The molecule has 0 aliphatic heterocycles. The largest absolute Gasteiger partial charge is 0.472 e. The molecule has 0 radical (unpaired) electrons. The molecule has 0 aliphatic rings. The standard InChI is InChI=1S/C80H156O17P2/c1-7-11-13-15-17-19-21-23-28-32-40-46-52-58-64-79(84)96-75(68-90-77(82)62-56-50-44-38-31-26-22-20-18-16-14-12-8-2)70-94-98(86,87)92-66-74(81)67-93-99(88,89)95-71-76(69-91-78(83)63-57-51-45-39-35-34-37-43-49-55-61-73(6)10-4)97-80(85)65-59-53-47-41-33-29-25-24-27-30-36-42-48-54-60-72(5)9-3/h72-76,81H,7-71H2,1-6H3,(H,86,87)(H,88,89)/t72?,73?,74-,75+,76+/m0/s1. The normalized spacial score (nSPS) is 14.5. The molecule has 99 heavy (non-hydrogen) atoms. The van der Waals surface area contributed by atoms with Gasteiger partial charge in [0, 0.05) is 25.7 Å². The third-order valence-electron chi connectivity index (χ3n) is 19.4. The van der Waals surface area contributed by atoms with Crippen molar-refractivity contribution in [3.05, 3.63) is 0 Å². The molecule has 0 fully saturated rings. The number of phosphoric acid groups is 2. The molecule has 4 unspecified atom stereocenters. The molecule has 0 saturated carbocycles. The van der Waals surface area contributed by atoms with E-state index in [0.29, 0.717) is 25.7 Å². The molecular formula is C80H156O17P2. The maximum absolute atomic E-state index is 13.1. The molecule has 0 amide bonds. The predicted molar refractivity (Wildman–Crippen MR) is 405 cm³/mol. The summed E-state index contributed by atoms with van der Waals surface area (Å²) < 4.78 is 68.7. The lowest BCUT2D eigenvalue weighted by atomic mass is 9.99. The monoisotopic (exact) mass is 1450 g/mol. The van der Waals surface area contributed by atoms with E-state index < -0.39 is 97.5 Å². The Kier molecular flexibility index (Phi) is 70.3. The molecule has 0 heterocycles. The maximum Gasteiger partial charge on any atom is 0.472 e. The Labute approximate surface area is 607 Å². The molecule has 0 aromatic carbocycles. The third kappa shape index (κ3) is 71.5. The first-order chi connectivity index (χ1) is 47.9. The minimum atomic E-state index is -4.96. The van der Waals surface area contributed by atoms with E-state index in [2.05, 4.69) is 41.5 Å². The first-order valence-electron chi connectivity index (χ1n) is 41.6. The summed E-state index contributed by atoms with van der Waals surface area (Å²) in [6.45, 7) is 9.72. The molecule has 0 aromatic heterocycles. The van der Waals surface area contributed by atoms with E-state index in [1.165, 1.54) is 238 Å². The average molecular weight is 1450 g/mol. The summed E-state index contributed by atoms with van der Waals surface area (Å²) in [6.07, 6.45) is 60.7. The first-order valence-corrected chi connectivity index (χ1v) is 44.6. The van der Waals surface area contributed by atoms with E-state index in [-0.39, 0.29) is 25.7 Å². The van der Waals surface area contributed by atoms with E-state index in [4.69, 9.17) is 37.0 Å². The van der Waals surface area contributed by atoms with Crippen molar-refractivity contribution in [2.75, 3.05) is 39.6 Å². The van der Waals surface area contributed by atoms with Gasteiger partial charge in [-0.3, -0.25) is 37.3 Å². The van der Waals surface area contributed by atoms with Crippen LogP contribution in [0, 0.1) is 11.8 Å². The van der Waals surface area contributed by atoms with Crippen LogP contribution >= 0.6 is 15.6 Å². The van der Waals surface area contributed by atoms with Gasteiger partial charge in [0.05, 0.1) is 26.4 Å². The number of hydrogen-bond donors (Lipinski definition) is 3. The highest BCUT2D eigenvalue weighted by molar-refractivity contribution is 7.47. The summed E-state index contributed by atoms with van der Waals surface area (Å²) in [5.41, 5.74) is 0. The Morgan fingerprint density at radius 2 is 0.485 bits per heavy atom. The van der Waals surface area contributed by atoms with Crippen LogP contribution in [0.2, 0.25) is 0 Å². The highest BCUT2D eigenvalue weighted by Crippen LogP contribution is 2.45. The van der Waals surface area contributed by atoms with E-state index in [0.717, 1.165) is 102 Å². The molecule has 19 heteroatoms. The number of phosphoric ester groups is 2. The van der Waals surface area contributed by atoms with Gasteiger partial charge in [0.2, 0.25) is 0 Å². The minimum Gasteiger partial charge on any atom is -0.462 e. The van der Waals surface area contributed by atoms with Gasteiger partial charge in [-0.15, -0.1) is 0 Å². The number of aliphatic hydroxyl groups is 1. The second-order valence-electron chi connectivity index (χ2n) is 29.3. The average Bonchev–Trinajstić information content (AvgIpc) is 2.45. The van der Waals surface area contributed by atoms with Crippen molar-refractivity contribution in [2.24, 2.45) is 11.8 Å². The zero-order chi connectivity index (χ0) is 72.8. The lowest BCUT2D eigenvalue weighted by molar-refractivity contribution is -0.161. The lowest BCUT2D eigenvalue weighted by Gasteiger charge is -2.21. The fraction of sp³-hybridized carbons (Fsp3) is 0.950. The number of unbranched alkanes of at least 4 members (excludes halogenated alkanes) is 47. The minimum absolute atomic E-state index is 0.108. The summed E-state index contributed by atoms with van der Waals surface area (Å²) >= 11 is 0. The van der Waals surface area contributed by atoms with Crippen LogP contribution in [0.15, 0.2) is 0 Å². The summed E-state index contributed by atoms with van der Waals surface area (Å²) in [5.74, 6) is -0.451. The number of carbonyl (C=O) groups excluding carboxylic acids is 4. The number of rotatable bonds is 79. The Morgan fingerprint density at radius 1 is 0.283 bits per heavy atom. The lowest BCUT2D eigenvalue weighted by Crippen LogP contribution is -2.30. The van der Waals surface area contributed by atoms with Crippen LogP contribution in [0.3, 0.4) is 0 Å². The van der Waals surface area contributed by atoms with Gasteiger partial charge in [-0.05, 0) is 37.5 Å². The Bertz CT molecular complexity index is 1910. The van der Waals surface area contributed by atoms with E-state index >= 15 is 0 Å². The van der Waals surface area contributed by atoms with Gasteiger partial charge >= 0.3 is 39.5 Å². The van der Waals surface area contributed by atoms with Crippen molar-refractivity contribution in [1.82, 2.24) is 0 Å². The van der Waals surface area contributed by atoms with Gasteiger partial charge < -0.3 is 33.8 Å². The molecule has 0 bridgehead atoms. The van der Waals surface area contributed by atoms with Crippen molar-refractivity contribution in [3.63, 3.8) is 0 Å². The van der Waals surface area contributed by atoms with E-state index in [9.17, 15) is 43.2 Å². The van der Waals surface area contributed by atoms with Crippen molar-refractivity contribution in [1.29, 1.82) is 0 Å². The molecule has 0 rings (SSSR count). The van der Waals surface area contributed by atoms with Gasteiger partial charge in [0.15, 0.2) is 12.2 Å². The van der Waals surface area contributed by atoms with Crippen molar-refractivity contribution in [3.8, 4) is 0 Å². The number of aliphatic hydroxyl groups excluding tert-OH is 1. The van der Waals surface area contributed by atoms with Crippen LogP contribution in [0.25, 0.3) is 0 Å². The fourth-order valence-electron chi connectivity index (χ4n) is 12.3. The molecular weight excluding hydrogens is 1290 g/mol. The van der Waals surface area contributed by atoms with Crippen molar-refractivity contribution in [2.45, 2.75) is 439 Å².